The molecule has 7 nitrogen and oxygen atoms in total. The van der Waals surface area contributed by atoms with E-state index in [1.807, 2.05) is 0 Å². The fraction of sp³-hybridized carbons (Fsp3) is 0.167. The third kappa shape index (κ3) is 1.56. The van der Waals surface area contributed by atoms with Gasteiger partial charge in [-0.3, -0.25) is 24.9 Å². The van der Waals surface area contributed by atoms with Crippen molar-refractivity contribution in [1.29, 1.82) is 5.41 Å². The SMILES string of the molecule is CC1=C(S(=O)(=O)O)C(=O)NC(=O)C1=N. The van der Waals surface area contributed by atoms with Gasteiger partial charge in [-0.1, -0.05) is 0 Å². The van der Waals surface area contributed by atoms with Crippen LogP contribution in [0.15, 0.2) is 10.5 Å². The summed E-state index contributed by atoms with van der Waals surface area (Å²) in [4.78, 5) is 20.8. The Morgan fingerprint density at radius 1 is 1.29 bits per heavy atom. The highest BCUT2D eigenvalue weighted by molar-refractivity contribution is 7.91. The number of nitrogens with one attached hydrogen (secondary N) is 2. The smallest absolute Gasteiger partial charge is 0.295 e. The molecule has 0 unspecified atom stereocenters. The summed E-state index contributed by atoms with van der Waals surface area (Å²) in [5, 5.41) is 8.72. The van der Waals surface area contributed by atoms with E-state index in [1.165, 1.54) is 0 Å². The van der Waals surface area contributed by atoms with Gasteiger partial charge in [0.1, 0.15) is 5.71 Å². The van der Waals surface area contributed by atoms with Gasteiger partial charge in [0.25, 0.3) is 21.9 Å². The normalized spacial score (nSPS) is 18.6. The summed E-state index contributed by atoms with van der Waals surface area (Å²) in [6, 6.07) is 0. The minimum atomic E-state index is -4.71. The van der Waals surface area contributed by atoms with Crippen molar-refractivity contribution in [3.63, 3.8) is 0 Å². The molecule has 1 aliphatic rings. The van der Waals surface area contributed by atoms with Crippen molar-refractivity contribution in [3.05, 3.63) is 10.5 Å². The van der Waals surface area contributed by atoms with Crippen LogP contribution in [0.25, 0.3) is 0 Å². The van der Waals surface area contributed by atoms with E-state index in [0.29, 0.717) is 0 Å². The van der Waals surface area contributed by atoms with Gasteiger partial charge in [0.15, 0.2) is 4.91 Å². The zero-order chi connectivity index (χ0) is 11.1. The van der Waals surface area contributed by atoms with Crippen molar-refractivity contribution in [2.24, 2.45) is 0 Å². The second kappa shape index (κ2) is 3.00. The van der Waals surface area contributed by atoms with Crippen molar-refractivity contribution in [3.8, 4) is 0 Å². The monoisotopic (exact) mass is 218 g/mol. The van der Waals surface area contributed by atoms with E-state index in [-0.39, 0.29) is 5.57 Å². The van der Waals surface area contributed by atoms with Crippen LogP contribution < -0.4 is 5.32 Å². The Morgan fingerprint density at radius 2 is 1.79 bits per heavy atom. The van der Waals surface area contributed by atoms with Crippen molar-refractivity contribution in [2.75, 3.05) is 0 Å². The quantitative estimate of drug-likeness (QED) is 0.377. The number of hydrogen-bond donors (Lipinski definition) is 3. The van der Waals surface area contributed by atoms with Crippen molar-refractivity contribution in [1.82, 2.24) is 5.32 Å². The molecular weight excluding hydrogens is 212 g/mol. The number of rotatable bonds is 1. The number of amides is 2. The molecule has 0 aromatic heterocycles. The molecule has 76 valence electrons. The summed E-state index contributed by atoms with van der Waals surface area (Å²) in [7, 11) is -4.71. The molecule has 0 saturated heterocycles. The van der Waals surface area contributed by atoms with E-state index >= 15 is 0 Å². The van der Waals surface area contributed by atoms with Gasteiger partial charge in [-0.2, -0.15) is 8.42 Å². The van der Waals surface area contributed by atoms with Crippen LogP contribution in [-0.4, -0.2) is 30.5 Å². The van der Waals surface area contributed by atoms with Crippen LogP contribution in [0.4, 0.5) is 0 Å². The molecule has 3 N–H and O–H groups in total. The summed E-state index contributed by atoms with van der Waals surface area (Å²) in [6.45, 7) is 1.10. The van der Waals surface area contributed by atoms with Gasteiger partial charge >= 0.3 is 0 Å². The molecule has 0 saturated carbocycles. The Hall–Kier alpha value is -1.54. The Kier molecular flexibility index (Phi) is 2.26. The van der Waals surface area contributed by atoms with Crippen LogP contribution in [0.3, 0.4) is 0 Å². The third-order valence-corrected chi connectivity index (χ3v) is 2.64. The first-order valence-corrected chi connectivity index (χ1v) is 4.82. The molecule has 0 atom stereocenters. The van der Waals surface area contributed by atoms with Crippen LogP contribution in [0.1, 0.15) is 6.92 Å². The van der Waals surface area contributed by atoms with Gasteiger partial charge in [0, 0.05) is 5.57 Å². The molecule has 0 aliphatic carbocycles. The summed E-state index contributed by atoms with van der Waals surface area (Å²) in [5.74, 6) is -2.20. The fourth-order valence-corrected chi connectivity index (χ4v) is 1.76. The van der Waals surface area contributed by atoms with Crippen LogP contribution in [0, 0.1) is 5.41 Å². The van der Waals surface area contributed by atoms with Gasteiger partial charge in [0.05, 0.1) is 0 Å². The lowest BCUT2D eigenvalue weighted by atomic mass is 10.1. The Labute approximate surface area is 79.1 Å². The number of carbonyl (C=O) groups is 2. The van der Waals surface area contributed by atoms with E-state index < -0.39 is 32.5 Å². The van der Waals surface area contributed by atoms with Gasteiger partial charge in [-0.05, 0) is 6.92 Å². The number of carbonyl (C=O) groups excluding carboxylic acids is 2. The first kappa shape index (κ1) is 10.5. The molecule has 2 amide bonds. The molecule has 1 rings (SSSR count). The molecular formula is C6H6N2O5S. The first-order chi connectivity index (χ1) is 6.25. The average Bonchev–Trinajstić information content (AvgIpc) is 1.97. The highest BCUT2D eigenvalue weighted by Gasteiger charge is 2.34. The van der Waals surface area contributed by atoms with E-state index in [1.54, 1.807) is 5.32 Å². The molecule has 0 radical (unpaired) electrons. The van der Waals surface area contributed by atoms with Crippen molar-refractivity contribution in [2.45, 2.75) is 6.92 Å². The van der Waals surface area contributed by atoms with E-state index in [2.05, 4.69) is 0 Å². The van der Waals surface area contributed by atoms with Crippen molar-refractivity contribution < 1.29 is 22.6 Å². The molecule has 0 bridgehead atoms. The first-order valence-electron chi connectivity index (χ1n) is 3.38. The predicted octanol–water partition coefficient (Wildman–Crippen LogP) is -1.18. The number of imide groups is 1. The zero-order valence-corrected chi connectivity index (χ0v) is 7.80. The lowest BCUT2D eigenvalue weighted by molar-refractivity contribution is -0.124. The average molecular weight is 218 g/mol. The van der Waals surface area contributed by atoms with Gasteiger partial charge in [-0.25, -0.2) is 0 Å². The Balaban J connectivity index is 3.48. The molecule has 0 spiro atoms. The predicted molar refractivity (Wildman–Crippen MR) is 45.1 cm³/mol. The molecule has 1 aliphatic heterocycles. The van der Waals surface area contributed by atoms with E-state index in [4.69, 9.17) is 9.96 Å². The third-order valence-electron chi connectivity index (χ3n) is 1.63. The fourth-order valence-electron chi connectivity index (χ4n) is 0.987. The largest absolute Gasteiger partial charge is 0.300 e. The Bertz CT molecular complexity index is 472. The van der Waals surface area contributed by atoms with Crippen molar-refractivity contribution >= 4 is 27.6 Å². The van der Waals surface area contributed by atoms with Gasteiger partial charge in [-0.15, -0.1) is 0 Å². The van der Waals surface area contributed by atoms with E-state index in [9.17, 15) is 18.0 Å². The van der Waals surface area contributed by atoms with Crippen LogP contribution in [-0.2, 0) is 19.7 Å². The van der Waals surface area contributed by atoms with Gasteiger partial charge in [0.2, 0.25) is 0 Å². The van der Waals surface area contributed by atoms with Crippen LogP contribution >= 0.6 is 0 Å². The standard InChI is InChI=1S/C6H6N2O5S/c1-2-3(7)5(9)8-6(10)4(2)14(11,12)13/h7H,1H3,(H,8,9,10)(H,11,12,13). The van der Waals surface area contributed by atoms with Crippen LogP contribution in [0.5, 0.6) is 0 Å². The molecule has 1 heterocycles. The lowest BCUT2D eigenvalue weighted by Crippen LogP contribution is -2.44. The summed E-state index contributed by atoms with van der Waals surface area (Å²) >= 11 is 0. The maximum absolute atomic E-state index is 11.0. The lowest BCUT2D eigenvalue weighted by Gasteiger charge is -2.14. The van der Waals surface area contributed by atoms with Gasteiger partial charge < -0.3 is 0 Å². The second-order valence-corrected chi connectivity index (χ2v) is 3.95. The molecule has 14 heavy (non-hydrogen) atoms. The Morgan fingerprint density at radius 3 is 2.21 bits per heavy atom. The number of hydrogen-bond acceptors (Lipinski definition) is 5. The summed E-state index contributed by atoms with van der Waals surface area (Å²) in [5.41, 5.74) is -1.02. The zero-order valence-electron chi connectivity index (χ0n) is 6.99. The second-order valence-electron chi connectivity index (χ2n) is 2.59. The molecule has 0 aromatic rings. The summed E-state index contributed by atoms with van der Waals surface area (Å²) < 4.78 is 30.0. The topological polar surface area (TPSA) is 124 Å². The minimum absolute atomic E-state index is 0.360. The highest BCUT2D eigenvalue weighted by Crippen LogP contribution is 2.15. The summed E-state index contributed by atoms with van der Waals surface area (Å²) in [6.07, 6.45) is 0. The van der Waals surface area contributed by atoms with E-state index in [0.717, 1.165) is 6.92 Å². The molecule has 8 heteroatoms. The maximum Gasteiger partial charge on any atom is 0.300 e. The highest BCUT2D eigenvalue weighted by atomic mass is 32.2. The minimum Gasteiger partial charge on any atom is -0.295 e. The molecule has 0 aromatic carbocycles. The van der Waals surface area contributed by atoms with Crippen LogP contribution in [0.2, 0.25) is 0 Å². The molecule has 0 fully saturated rings. The maximum atomic E-state index is 11.0.